The number of rotatable bonds is 4. The van der Waals surface area contributed by atoms with Gasteiger partial charge in [0, 0.05) is 5.56 Å². The maximum Gasteiger partial charge on any atom is 0.382 e. The molecule has 0 spiro atoms. The van der Waals surface area contributed by atoms with Crippen LogP contribution in [0.4, 0.5) is 8.78 Å². The third kappa shape index (κ3) is 4.24. The van der Waals surface area contributed by atoms with E-state index in [-0.39, 0.29) is 12.2 Å². The Bertz CT molecular complexity index is 533. The molecular formula is C15H18F2O4. The van der Waals surface area contributed by atoms with Crippen molar-refractivity contribution in [3.8, 4) is 0 Å². The van der Waals surface area contributed by atoms with Gasteiger partial charge in [-0.1, -0.05) is 18.2 Å². The second-order valence-electron chi connectivity index (χ2n) is 5.34. The normalized spacial score (nSPS) is 11.9. The zero-order valence-electron chi connectivity index (χ0n) is 12.4. The van der Waals surface area contributed by atoms with E-state index in [2.05, 4.69) is 4.74 Å². The molecule has 1 aromatic carbocycles. The molecule has 0 aromatic heterocycles. The van der Waals surface area contributed by atoms with Crippen LogP contribution in [-0.2, 0) is 20.2 Å². The first-order valence-corrected chi connectivity index (χ1v) is 6.47. The monoisotopic (exact) mass is 300 g/mol. The summed E-state index contributed by atoms with van der Waals surface area (Å²) in [6.45, 7) is 6.11. The van der Waals surface area contributed by atoms with Gasteiger partial charge in [-0.25, -0.2) is 9.59 Å². The van der Waals surface area contributed by atoms with Crippen molar-refractivity contribution >= 4 is 11.9 Å². The summed E-state index contributed by atoms with van der Waals surface area (Å²) < 4.78 is 37.6. The maximum absolute atomic E-state index is 14.1. The van der Waals surface area contributed by atoms with Gasteiger partial charge in [0.05, 0.1) is 12.2 Å². The highest BCUT2D eigenvalue weighted by molar-refractivity contribution is 5.94. The number of hydrogen-bond acceptors (Lipinski definition) is 4. The quantitative estimate of drug-likeness (QED) is 0.801. The van der Waals surface area contributed by atoms with E-state index in [1.165, 1.54) is 25.1 Å². The molecule has 0 saturated heterocycles. The third-order valence-corrected chi connectivity index (χ3v) is 2.42. The summed E-state index contributed by atoms with van der Waals surface area (Å²) in [5.41, 5.74) is -1.91. The molecule has 1 aromatic rings. The number of alkyl halides is 2. The number of ether oxygens (including phenoxy) is 2. The van der Waals surface area contributed by atoms with Gasteiger partial charge in [-0.15, -0.1) is 0 Å². The summed E-state index contributed by atoms with van der Waals surface area (Å²) in [6.07, 6.45) is 0. The Morgan fingerprint density at radius 3 is 2.24 bits per heavy atom. The number of benzene rings is 1. The van der Waals surface area contributed by atoms with E-state index < -0.39 is 29.0 Å². The molecule has 0 aliphatic heterocycles. The first-order valence-electron chi connectivity index (χ1n) is 6.47. The molecule has 0 atom stereocenters. The van der Waals surface area contributed by atoms with Crippen LogP contribution in [0.25, 0.3) is 0 Å². The van der Waals surface area contributed by atoms with Crippen LogP contribution in [0.3, 0.4) is 0 Å². The van der Waals surface area contributed by atoms with Gasteiger partial charge in [0.25, 0.3) is 0 Å². The van der Waals surface area contributed by atoms with Gasteiger partial charge in [0.15, 0.2) is 0 Å². The van der Waals surface area contributed by atoms with E-state index in [4.69, 9.17) is 4.74 Å². The number of halogens is 2. The van der Waals surface area contributed by atoms with Crippen LogP contribution in [0, 0.1) is 0 Å². The van der Waals surface area contributed by atoms with Gasteiger partial charge in [-0.05, 0) is 33.8 Å². The summed E-state index contributed by atoms with van der Waals surface area (Å²) in [7, 11) is 0. The predicted octanol–water partition coefficient (Wildman–Crippen LogP) is 3.30. The van der Waals surface area contributed by atoms with Crippen LogP contribution in [0.1, 0.15) is 43.6 Å². The van der Waals surface area contributed by atoms with Gasteiger partial charge in [-0.3, -0.25) is 0 Å². The van der Waals surface area contributed by atoms with Crippen LogP contribution in [0.2, 0.25) is 0 Å². The Morgan fingerprint density at radius 1 is 1.14 bits per heavy atom. The van der Waals surface area contributed by atoms with Crippen LogP contribution < -0.4 is 0 Å². The van der Waals surface area contributed by atoms with Crippen LogP contribution in [-0.4, -0.2) is 24.1 Å². The second kappa shape index (κ2) is 6.20. The molecule has 4 nitrogen and oxygen atoms in total. The Balaban J connectivity index is 3.21. The number of carbonyl (C=O) groups is 2. The SMILES string of the molecule is CCOC(=O)C(F)(F)c1ccccc1C(=O)OC(C)(C)C. The van der Waals surface area contributed by atoms with E-state index in [1.807, 2.05) is 0 Å². The molecule has 0 amide bonds. The summed E-state index contributed by atoms with van der Waals surface area (Å²) >= 11 is 0. The van der Waals surface area contributed by atoms with Crippen LogP contribution >= 0.6 is 0 Å². The molecule has 0 unspecified atom stereocenters. The molecule has 0 radical (unpaired) electrons. The smallest absolute Gasteiger partial charge is 0.382 e. The lowest BCUT2D eigenvalue weighted by Crippen LogP contribution is -2.32. The molecular weight excluding hydrogens is 282 g/mol. The number of esters is 2. The molecule has 0 saturated carbocycles. The Kier molecular flexibility index (Phi) is 5.04. The Hall–Kier alpha value is -1.98. The summed E-state index contributed by atoms with van der Waals surface area (Å²) in [5.74, 6) is -6.52. The minimum atomic E-state index is -3.91. The number of carbonyl (C=O) groups excluding carboxylic acids is 2. The summed E-state index contributed by atoms with van der Waals surface area (Å²) in [5, 5.41) is 0. The average Bonchev–Trinajstić information content (AvgIpc) is 2.37. The van der Waals surface area contributed by atoms with Crippen molar-refractivity contribution in [3.63, 3.8) is 0 Å². The van der Waals surface area contributed by atoms with E-state index in [0.29, 0.717) is 0 Å². The zero-order chi connectivity index (χ0) is 16.3. The van der Waals surface area contributed by atoms with Gasteiger partial charge < -0.3 is 9.47 Å². The highest BCUT2D eigenvalue weighted by atomic mass is 19.3. The first kappa shape index (κ1) is 17.1. The maximum atomic E-state index is 14.1. The van der Waals surface area contributed by atoms with Crippen molar-refractivity contribution < 1.29 is 27.8 Å². The summed E-state index contributed by atoms with van der Waals surface area (Å²) in [4.78, 5) is 23.4. The van der Waals surface area contributed by atoms with E-state index in [1.54, 1.807) is 20.8 Å². The third-order valence-electron chi connectivity index (χ3n) is 2.42. The van der Waals surface area contributed by atoms with Crippen molar-refractivity contribution in [1.82, 2.24) is 0 Å². The fourth-order valence-corrected chi connectivity index (χ4v) is 1.60. The molecule has 116 valence electrons. The fraction of sp³-hybridized carbons (Fsp3) is 0.467. The molecule has 0 N–H and O–H groups in total. The van der Waals surface area contributed by atoms with Gasteiger partial charge >= 0.3 is 17.9 Å². The topological polar surface area (TPSA) is 52.6 Å². The van der Waals surface area contributed by atoms with Gasteiger partial charge in [0.1, 0.15) is 5.60 Å². The molecule has 0 fully saturated rings. The molecule has 6 heteroatoms. The lowest BCUT2D eigenvalue weighted by Gasteiger charge is -2.22. The Morgan fingerprint density at radius 2 is 1.71 bits per heavy atom. The fourth-order valence-electron chi connectivity index (χ4n) is 1.60. The van der Waals surface area contributed by atoms with E-state index in [0.717, 1.165) is 6.07 Å². The molecule has 0 heterocycles. The van der Waals surface area contributed by atoms with Gasteiger partial charge in [-0.2, -0.15) is 8.78 Å². The standard InChI is InChI=1S/C15H18F2O4/c1-5-20-13(19)15(16,17)11-9-7-6-8-10(11)12(18)21-14(2,3)4/h6-9H,5H2,1-4H3. The molecule has 0 aliphatic carbocycles. The highest BCUT2D eigenvalue weighted by Gasteiger charge is 2.45. The largest absolute Gasteiger partial charge is 0.461 e. The molecule has 0 bridgehead atoms. The van der Waals surface area contributed by atoms with Crippen molar-refractivity contribution in [2.24, 2.45) is 0 Å². The predicted molar refractivity (Wildman–Crippen MR) is 72.1 cm³/mol. The van der Waals surface area contributed by atoms with Crippen LogP contribution in [0.5, 0.6) is 0 Å². The zero-order valence-corrected chi connectivity index (χ0v) is 12.4. The van der Waals surface area contributed by atoms with Crippen molar-refractivity contribution in [2.75, 3.05) is 6.61 Å². The van der Waals surface area contributed by atoms with Crippen molar-refractivity contribution in [2.45, 2.75) is 39.2 Å². The summed E-state index contributed by atoms with van der Waals surface area (Å²) in [6, 6.07) is 4.94. The molecule has 1 rings (SSSR count). The average molecular weight is 300 g/mol. The Labute approximate surface area is 122 Å². The van der Waals surface area contributed by atoms with Crippen LogP contribution in [0.15, 0.2) is 24.3 Å². The lowest BCUT2D eigenvalue weighted by molar-refractivity contribution is -0.173. The minimum Gasteiger partial charge on any atom is -0.461 e. The molecule has 21 heavy (non-hydrogen) atoms. The van der Waals surface area contributed by atoms with Crippen molar-refractivity contribution in [3.05, 3.63) is 35.4 Å². The lowest BCUT2D eigenvalue weighted by atomic mass is 10.0. The van der Waals surface area contributed by atoms with Crippen molar-refractivity contribution in [1.29, 1.82) is 0 Å². The number of hydrogen-bond donors (Lipinski definition) is 0. The first-order chi connectivity index (χ1) is 9.59. The van der Waals surface area contributed by atoms with E-state index >= 15 is 0 Å². The second-order valence-corrected chi connectivity index (χ2v) is 5.34. The molecule has 0 aliphatic rings. The van der Waals surface area contributed by atoms with Gasteiger partial charge in [0.2, 0.25) is 0 Å². The minimum absolute atomic E-state index is 0.178. The highest BCUT2D eigenvalue weighted by Crippen LogP contribution is 2.33. The van der Waals surface area contributed by atoms with E-state index in [9.17, 15) is 18.4 Å².